The second-order valence-corrected chi connectivity index (χ2v) is 4.41. The first-order chi connectivity index (χ1) is 7.75. The predicted molar refractivity (Wildman–Crippen MR) is 61.1 cm³/mol. The molecule has 0 aliphatic heterocycles. The van der Waals surface area contributed by atoms with E-state index in [-0.39, 0.29) is 5.91 Å². The van der Waals surface area contributed by atoms with Crippen LogP contribution < -0.4 is 5.32 Å². The summed E-state index contributed by atoms with van der Waals surface area (Å²) in [5, 5.41) is 10.8. The van der Waals surface area contributed by atoms with Gasteiger partial charge in [-0.15, -0.1) is 0 Å². The Balaban J connectivity index is 1.90. The van der Waals surface area contributed by atoms with E-state index in [2.05, 4.69) is 22.4 Å². The number of hydrogen-bond donors (Lipinski definition) is 2. The number of amides is 1. The molecule has 1 aromatic carbocycles. The van der Waals surface area contributed by atoms with Crippen LogP contribution in [0.25, 0.3) is 10.9 Å². The zero-order valence-electron chi connectivity index (χ0n) is 9.03. The maximum absolute atomic E-state index is 11.9. The minimum atomic E-state index is -0.0770. The van der Waals surface area contributed by atoms with E-state index in [0.717, 1.165) is 17.3 Å². The largest absolute Gasteiger partial charge is 0.348 e. The van der Waals surface area contributed by atoms with E-state index in [0.29, 0.717) is 17.7 Å². The zero-order chi connectivity index (χ0) is 11.1. The van der Waals surface area contributed by atoms with E-state index in [4.69, 9.17) is 0 Å². The number of aromatic amines is 1. The van der Waals surface area contributed by atoms with E-state index in [9.17, 15) is 4.79 Å². The number of nitrogens with one attached hydrogen (secondary N) is 2. The number of nitrogens with zero attached hydrogens (tertiary/aromatic N) is 1. The number of fused-ring (bicyclic) bond motifs is 1. The fraction of sp³-hybridized carbons (Fsp3) is 0.333. The Kier molecular flexibility index (Phi) is 1.96. The van der Waals surface area contributed by atoms with Crippen LogP contribution in [0.4, 0.5) is 0 Å². The average molecular weight is 215 g/mol. The smallest absolute Gasteiger partial charge is 0.272 e. The Morgan fingerprint density at radius 1 is 1.50 bits per heavy atom. The van der Waals surface area contributed by atoms with Crippen molar-refractivity contribution in [1.29, 1.82) is 0 Å². The Morgan fingerprint density at radius 2 is 2.25 bits per heavy atom. The van der Waals surface area contributed by atoms with Gasteiger partial charge in [0, 0.05) is 11.4 Å². The van der Waals surface area contributed by atoms with Crippen molar-refractivity contribution in [2.75, 3.05) is 0 Å². The average Bonchev–Trinajstić information content (AvgIpc) is 2.82. The zero-order valence-corrected chi connectivity index (χ0v) is 9.03. The summed E-state index contributed by atoms with van der Waals surface area (Å²) in [6.45, 7) is 2.13. The van der Waals surface area contributed by atoms with Crippen LogP contribution in [0.1, 0.15) is 23.8 Å². The molecule has 16 heavy (non-hydrogen) atoms. The van der Waals surface area contributed by atoms with Crippen LogP contribution >= 0.6 is 0 Å². The molecule has 1 saturated carbocycles. The normalized spacial score (nSPS) is 23.3. The van der Waals surface area contributed by atoms with Gasteiger partial charge >= 0.3 is 0 Å². The third kappa shape index (κ3) is 1.46. The molecule has 1 amide bonds. The van der Waals surface area contributed by atoms with Crippen LogP contribution in [0.2, 0.25) is 0 Å². The first kappa shape index (κ1) is 9.39. The molecule has 4 nitrogen and oxygen atoms in total. The highest BCUT2D eigenvalue weighted by Gasteiger charge is 2.34. The number of aromatic nitrogens is 2. The maximum atomic E-state index is 11.9. The molecule has 1 aliphatic rings. The van der Waals surface area contributed by atoms with E-state index in [1.165, 1.54) is 0 Å². The molecule has 2 N–H and O–H groups in total. The number of carbonyl (C=O) groups is 1. The van der Waals surface area contributed by atoms with Crippen molar-refractivity contribution in [3.05, 3.63) is 30.0 Å². The van der Waals surface area contributed by atoms with E-state index in [1.807, 2.05) is 24.3 Å². The highest BCUT2D eigenvalue weighted by Crippen LogP contribution is 2.29. The lowest BCUT2D eigenvalue weighted by molar-refractivity contribution is 0.0946. The van der Waals surface area contributed by atoms with Crippen molar-refractivity contribution in [2.24, 2.45) is 5.92 Å². The third-order valence-corrected chi connectivity index (χ3v) is 3.11. The Labute approximate surface area is 93.0 Å². The standard InChI is InChI=1S/C12H13N3O/c1-7-6-10(7)13-12(16)11-8-4-2-3-5-9(8)14-15-11/h2-5,7,10H,6H2,1H3,(H,13,16)(H,14,15). The lowest BCUT2D eigenvalue weighted by atomic mass is 10.2. The SMILES string of the molecule is CC1CC1NC(=O)c1n[nH]c2ccccc12. The van der Waals surface area contributed by atoms with Gasteiger partial charge in [-0.3, -0.25) is 9.89 Å². The molecule has 0 saturated heterocycles. The van der Waals surface area contributed by atoms with Gasteiger partial charge in [-0.25, -0.2) is 0 Å². The fourth-order valence-electron chi connectivity index (χ4n) is 1.90. The lowest BCUT2D eigenvalue weighted by Gasteiger charge is -2.00. The van der Waals surface area contributed by atoms with Crippen molar-refractivity contribution in [3.63, 3.8) is 0 Å². The van der Waals surface area contributed by atoms with Gasteiger partial charge in [0.25, 0.3) is 5.91 Å². The molecule has 0 radical (unpaired) electrons. The van der Waals surface area contributed by atoms with Gasteiger partial charge in [0.1, 0.15) is 0 Å². The van der Waals surface area contributed by atoms with Gasteiger partial charge < -0.3 is 5.32 Å². The Bertz CT molecular complexity index is 546. The Hall–Kier alpha value is -1.84. The second-order valence-electron chi connectivity index (χ2n) is 4.41. The molecule has 82 valence electrons. The number of para-hydroxylation sites is 1. The summed E-state index contributed by atoms with van der Waals surface area (Å²) >= 11 is 0. The summed E-state index contributed by atoms with van der Waals surface area (Å²) < 4.78 is 0. The fourth-order valence-corrected chi connectivity index (χ4v) is 1.90. The molecule has 4 heteroatoms. The maximum Gasteiger partial charge on any atom is 0.272 e. The van der Waals surface area contributed by atoms with Gasteiger partial charge in [-0.1, -0.05) is 25.1 Å². The third-order valence-electron chi connectivity index (χ3n) is 3.11. The van der Waals surface area contributed by atoms with E-state index >= 15 is 0 Å². The summed E-state index contributed by atoms with van der Waals surface area (Å²) in [7, 11) is 0. The molecule has 3 rings (SSSR count). The first-order valence-electron chi connectivity index (χ1n) is 5.49. The molecule has 0 spiro atoms. The van der Waals surface area contributed by atoms with Crippen LogP contribution in [-0.2, 0) is 0 Å². The first-order valence-corrected chi connectivity index (χ1v) is 5.49. The van der Waals surface area contributed by atoms with Gasteiger partial charge in [0.2, 0.25) is 0 Å². The molecule has 2 atom stereocenters. The van der Waals surface area contributed by atoms with Gasteiger partial charge in [0.15, 0.2) is 5.69 Å². The number of benzene rings is 1. The molecular formula is C12H13N3O. The van der Waals surface area contributed by atoms with Crippen molar-refractivity contribution >= 4 is 16.8 Å². The number of hydrogen-bond acceptors (Lipinski definition) is 2. The molecule has 1 aliphatic carbocycles. The monoisotopic (exact) mass is 215 g/mol. The van der Waals surface area contributed by atoms with Crippen molar-refractivity contribution < 1.29 is 4.79 Å². The molecule has 2 unspecified atom stereocenters. The summed E-state index contributed by atoms with van der Waals surface area (Å²) in [6, 6.07) is 7.99. The van der Waals surface area contributed by atoms with Crippen molar-refractivity contribution in [1.82, 2.24) is 15.5 Å². The van der Waals surface area contributed by atoms with Gasteiger partial charge in [0.05, 0.1) is 5.52 Å². The highest BCUT2D eigenvalue weighted by molar-refractivity contribution is 6.04. The number of carbonyl (C=O) groups excluding carboxylic acids is 1. The Morgan fingerprint density at radius 3 is 3.00 bits per heavy atom. The van der Waals surface area contributed by atoms with Crippen molar-refractivity contribution in [3.8, 4) is 0 Å². The van der Waals surface area contributed by atoms with E-state index < -0.39 is 0 Å². The molecule has 2 aromatic rings. The van der Waals surface area contributed by atoms with E-state index in [1.54, 1.807) is 0 Å². The summed E-state index contributed by atoms with van der Waals surface area (Å²) in [5.41, 5.74) is 1.39. The van der Waals surface area contributed by atoms with Crippen LogP contribution in [0, 0.1) is 5.92 Å². The second kappa shape index (κ2) is 3.33. The molecular weight excluding hydrogens is 202 g/mol. The summed E-state index contributed by atoms with van der Waals surface area (Å²) in [4.78, 5) is 11.9. The minimum Gasteiger partial charge on any atom is -0.348 e. The van der Waals surface area contributed by atoms with Crippen LogP contribution in [0.3, 0.4) is 0 Å². The predicted octanol–water partition coefficient (Wildman–Crippen LogP) is 1.70. The minimum absolute atomic E-state index is 0.0770. The number of H-pyrrole nitrogens is 1. The topological polar surface area (TPSA) is 57.8 Å². The molecule has 1 fully saturated rings. The van der Waals surface area contributed by atoms with Gasteiger partial charge in [-0.05, 0) is 18.4 Å². The molecule has 1 heterocycles. The molecule has 0 bridgehead atoms. The summed E-state index contributed by atoms with van der Waals surface area (Å²) in [6.07, 6.45) is 1.08. The summed E-state index contributed by atoms with van der Waals surface area (Å²) in [5.74, 6) is 0.529. The molecule has 1 aromatic heterocycles. The highest BCUT2D eigenvalue weighted by atomic mass is 16.2. The lowest BCUT2D eigenvalue weighted by Crippen LogP contribution is -2.27. The van der Waals surface area contributed by atoms with Crippen molar-refractivity contribution in [2.45, 2.75) is 19.4 Å². The van der Waals surface area contributed by atoms with Crippen LogP contribution in [-0.4, -0.2) is 22.1 Å². The van der Waals surface area contributed by atoms with Gasteiger partial charge in [-0.2, -0.15) is 5.10 Å². The quantitative estimate of drug-likeness (QED) is 0.801. The van der Waals surface area contributed by atoms with Crippen LogP contribution in [0.5, 0.6) is 0 Å². The van der Waals surface area contributed by atoms with Crippen LogP contribution in [0.15, 0.2) is 24.3 Å². The number of rotatable bonds is 2.